The quantitative estimate of drug-likeness (QED) is 0.534. The van der Waals surface area contributed by atoms with Gasteiger partial charge in [-0.05, 0) is 48.4 Å². The molecule has 4 heteroatoms. The molecule has 128 valence electrons. The molecule has 0 spiro atoms. The van der Waals surface area contributed by atoms with E-state index >= 15 is 0 Å². The lowest BCUT2D eigenvalue weighted by atomic mass is 10.1. The summed E-state index contributed by atoms with van der Waals surface area (Å²) < 4.78 is 5.98. The predicted molar refractivity (Wildman–Crippen MR) is 106 cm³/mol. The van der Waals surface area contributed by atoms with Crippen LogP contribution in [0.4, 0.5) is 5.69 Å². The number of nitrogens with one attached hydrogen (secondary N) is 1. The Hall–Kier alpha value is -2.16. The zero-order valence-electron chi connectivity index (χ0n) is 13.9. The Morgan fingerprint density at radius 1 is 0.920 bits per heavy atom. The number of hydrogen-bond donors (Lipinski definition) is 1. The van der Waals surface area contributed by atoms with Crippen LogP contribution < -0.4 is 10.1 Å². The van der Waals surface area contributed by atoms with Gasteiger partial charge in [-0.1, -0.05) is 59.6 Å². The number of rotatable bonds is 6. The highest BCUT2D eigenvalue weighted by Gasteiger charge is 2.05. The summed E-state index contributed by atoms with van der Waals surface area (Å²) in [5.74, 6) is 0.855. The van der Waals surface area contributed by atoms with Crippen molar-refractivity contribution in [1.29, 1.82) is 0 Å². The molecular weight excluding hydrogens is 353 g/mol. The molecule has 0 bridgehead atoms. The summed E-state index contributed by atoms with van der Waals surface area (Å²) in [5, 5.41) is 4.87. The highest BCUT2D eigenvalue weighted by molar-refractivity contribution is 6.31. The standard InChI is InChI=1S/C21H19Cl2NO/c1-15-9-10-19(12-20(15)23)24-13-17-6-2-3-8-21(17)25-14-16-5-4-7-18(22)11-16/h2-12,24H,13-14H2,1H3. The van der Waals surface area contributed by atoms with Crippen molar-refractivity contribution in [3.05, 3.63) is 93.5 Å². The number of benzene rings is 3. The molecule has 0 aliphatic rings. The summed E-state index contributed by atoms with van der Waals surface area (Å²) >= 11 is 12.2. The molecule has 0 amide bonds. The first-order valence-electron chi connectivity index (χ1n) is 8.07. The molecule has 25 heavy (non-hydrogen) atoms. The third-order valence-electron chi connectivity index (χ3n) is 3.91. The fourth-order valence-corrected chi connectivity index (χ4v) is 2.87. The smallest absolute Gasteiger partial charge is 0.124 e. The van der Waals surface area contributed by atoms with Gasteiger partial charge in [-0.3, -0.25) is 0 Å². The van der Waals surface area contributed by atoms with E-state index in [1.807, 2.05) is 67.6 Å². The van der Waals surface area contributed by atoms with Crippen LogP contribution in [0.1, 0.15) is 16.7 Å². The van der Waals surface area contributed by atoms with E-state index in [1.54, 1.807) is 0 Å². The van der Waals surface area contributed by atoms with Crippen LogP contribution in [0.15, 0.2) is 66.7 Å². The van der Waals surface area contributed by atoms with Gasteiger partial charge in [-0.15, -0.1) is 0 Å². The van der Waals surface area contributed by atoms with Crippen LogP contribution in [0.5, 0.6) is 5.75 Å². The van der Waals surface area contributed by atoms with Crippen molar-refractivity contribution in [2.75, 3.05) is 5.32 Å². The average molecular weight is 372 g/mol. The number of para-hydroxylation sites is 1. The SMILES string of the molecule is Cc1ccc(NCc2ccccc2OCc2cccc(Cl)c2)cc1Cl. The van der Waals surface area contributed by atoms with Crippen LogP contribution in [0.2, 0.25) is 10.0 Å². The van der Waals surface area contributed by atoms with Crippen molar-refractivity contribution in [3.63, 3.8) is 0 Å². The van der Waals surface area contributed by atoms with Crippen LogP contribution in [-0.4, -0.2) is 0 Å². The molecule has 0 aliphatic heterocycles. The molecule has 0 aromatic heterocycles. The van der Waals surface area contributed by atoms with Gasteiger partial charge in [-0.2, -0.15) is 0 Å². The molecule has 3 aromatic rings. The van der Waals surface area contributed by atoms with Gasteiger partial charge in [0.15, 0.2) is 0 Å². The summed E-state index contributed by atoms with van der Waals surface area (Å²) in [7, 11) is 0. The fourth-order valence-electron chi connectivity index (χ4n) is 2.48. The number of ether oxygens (including phenoxy) is 1. The minimum atomic E-state index is 0.480. The summed E-state index contributed by atoms with van der Waals surface area (Å²) in [5.41, 5.74) is 4.18. The largest absolute Gasteiger partial charge is 0.489 e. The van der Waals surface area contributed by atoms with Gasteiger partial charge < -0.3 is 10.1 Å². The molecule has 0 unspecified atom stereocenters. The Bertz CT molecular complexity index is 864. The van der Waals surface area contributed by atoms with E-state index in [0.717, 1.165) is 33.1 Å². The monoisotopic (exact) mass is 371 g/mol. The number of halogens is 2. The van der Waals surface area contributed by atoms with E-state index in [4.69, 9.17) is 27.9 Å². The molecule has 0 saturated carbocycles. The first-order valence-corrected chi connectivity index (χ1v) is 8.82. The van der Waals surface area contributed by atoms with Crippen molar-refractivity contribution in [1.82, 2.24) is 0 Å². The van der Waals surface area contributed by atoms with E-state index in [9.17, 15) is 0 Å². The average Bonchev–Trinajstić information content (AvgIpc) is 2.62. The Labute approximate surface area is 158 Å². The second kappa shape index (κ2) is 8.28. The first kappa shape index (κ1) is 17.7. The Balaban J connectivity index is 1.67. The zero-order valence-corrected chi connectivity index (χ0v) is 15.4. The van der Waals surface area contributed by atoms with Crippen molar-refractivity contribution < 1.29 is 4.74 Å². The maximum atomic E-state index is 6.18. The summed E-state index contributed by atoms with van der Waals surface area (Å²) in [6, 6.07) is 21.7. The van der Waals surface area contributed by atoms with Crippen LogP contribution in [0.25, 0.3) is 0 Å². The zero-order chi connectivity index (χ0) is 17.6. The fraction of sp³-hybridized carbons (Fsp3) is 0.143. The van der Waals surface area contributed by atoms with Crippen LogP contribution in [0, 0.1) is 6.92 Å². The molecule has 0 heterocycles. The van der Waals surface area contributed by atoms with Crippen molar-refractivity contribution in [2.24, 2.45) is 0 Å². The van der Waals surface area contributed by atoms with Gasteiger partial charge in [0.2, 0.25) is 0 Å². The molecule has 0 fully saturated rings. The molecule has 0 radical (unpaired) electrons. The predicted octanol–water partition coefficient (Wildman–Crippen LogP) is 6.49. The van der Waals surface area contributed by atoms with E-state index in [0.29, 0.717) is 18.2 Å². The number of hydrogen-bond acceptors (Lipinski definition) is 2. The number of aryl methyl sites for hydroxylation is 1. The van der Waals surface area contributed by atoms with E-state index in [2.05, 4.69) is 11.4 Å². The summed E-state index contributed by atoms with van der Waals surface area (Å²) in [4.78, 5) is 0. The number of anilines is 1. The van der Waals surface area contributed by atoms with Crippen LogP contribution in [0.3, 0.4) is 0 Å². The van der Waals surface area contributed by atoms with E-state index in [1.165, 1.54) is 0 Å². The topological polar surface area (TPSA) is 21.3 Å². The Morgan fingerprint density at radius 2 is 1.76 bits per heavy atom. The molecule has 3 rings (SSSR count). The molecular formula is C21H19Cl2NO. The lowest BCUT2D eigenvalue weighted by Crippen LogP contribution is -2.03. The minimum Gasteiger partial charge on any atom is -0.489 e. The van der Waals surface area contributed by atoms with Gasteiger partial charge in [0.05, 0.1) is 0 Å². The van der Waals surface area contributed by atoms with E-state index < -0.39 is 0 Å². The van der Waals surface area contributed by atoms with Gasteiger partial charge >= 0.3 is 0 Å². The first-order chi connectivity index (χ1) is 12.1. The summed E-state index contributed by atoms with van der Waals surface area (Å²) in [6.45, 7) is 3.13. The normalized spacial score (nSPS) is 10.5. The van der Waals surface area contributed by atoms with Gasteiger partial charge in [-0.25, -0.2) is 0 Å². The van der Waals surface area contributed by atoms with E-state index in [-0.39, 0.29) is 0 Å². The third-order valence-corrected chi connectivity index (χ3v) is 4.55. The molecule has 0 atom stereocenters. The van der Waals surface area contributed by atoms with Crippen molar-refractivity contribution in [3.8, 4) is 5.75 Å². The Kier molecular flexibility index (Phi) is 5.85. The molecule has 0 saturated heterocycles. The van der Waals surface area contributed by atoms with Gasteiger partial charge in [0, 0.05) is 27.8 Å². The van der Waals surface area contributed by atoms with Crippen molar-refractivity contribution in [2.45, 2.75) is 20.1 Å². The Morgan fingerprint density at radius 3 is 2.56 bits per heavy atom. The lowest BCUT2D eigenvalue weighted by molar-refractivity contribution is 0.303. The highest BCUT2D eigenvalue weighted by Crippen LogP contribution is 2.24. The van der Waals surface area contributed by atoms with Gasteiger partial charge in [0.25, 0.3) is 0 Å². The molecule has 3 aromatic carbocycles. The third kappa shape index (κ3) is 4.91. The molecule has 0 aliphatic carbocycles. The van der Waals surface area contributed by atoms with Crippen LogP contribution >= 0.6 is 23.2 Å². The second-order valence-electron chi connectivity index (χ2n) is 5.84. The maximum Gasteiger partial charge on any atom is 0.124 e. The molecule has 2 nitrogen and oxygen atoms in total. The maximum absolute atomic E-state index is 6.18. The highest BCUT2D eigenvalue weighted by atomic mass is 35.5. The summed E-state index contributed by atoms with van der Waals surface area (Å²) in [6.07, 6.45) is 0. The van der Waals surface area contributed by atoms with Gasteiger partial charge in [0.1, 0.15) is 12.4 Å². The van der Waals surface area contributed by atoms with Crippen LogP contribution in [-0.2, 0) is 13.2 Å². The second-order valence-corrected chi connectivity index (χ2v) is 6.69. The minimum absolute atomic E-state index is 0.480. The van der Waals surface area contributed by atoms with Crippen molar-refractivity contribution >= 4 is 28.9 Å². The molecule has 1 N–H and O–H groups in total. The lowest BCUT2D eigenvalue weighted by Gasteiger charge is -2.13.